The number of carbonyl (C=O) groups is 2. The minimum Gasteiger partial charge on any atom is -0.480 e. The number of hydrogen-bond donors (Lipinski definition) is 2. The van der Waals surface area contributed by atoms with E-state index >= 15 is 0 Å². The normalized spacial score (nSPS) is 16.3. The van der Waals surface area contributed by atoms with E-state index in [4.69, 9.17) is 13.3 Å². The van der Waals surface area contributed by atoms with Crippen molar-refractivity contribution in [3.8, 4) is 0 Å². The number of rotatable bonds is 12. The molecule has 1 atom stereocenters. The number of amides is 1. The summed E-state index contributed by atoms with van der Waals surface area (Å²) in [6.07, 6.45) is 1.92. The van der Waals surface area contributed by atoms with Gasteiger partial charge in [-0.05, 0) is 40.0 Å². The number of carbonyl (C=O) groups excluding carboxylic acids is 1. The van der Waals surface area contributed by atoms with E-state index in [1.54, 1.807) is 0 Å². The molecule has 7 nitrogen and oxygen atoms in total. The maximum Gasteiger partial charge on any atom is 0.501 e. The smallest absolute Gasteiger partial charge is 0.480 e. The summed E-state index contributed by atoms with van der Waals surface area (Å²) in [6.45, 7) is 6.88. The standard InChI is InChI=1S/C14H27NO6Si/c1-4-19-22(20-5-2,21-6-3)10-9-12(14(17)18)15-13(16)11-7-8-11/h11-12H,4-10H2,1-3H3,(H,15,16)(H,17,18). The highest BCUT2D eigenvalue weighted by Gasteiger charge is 2.42. The number of hydrogen-bond acceptors (Lipinski definition) is 5. The largest absolute Gasteiger partial charge is 0.501 e. The lowest BCUT2D eigenvalue weighted by Gasteiger charge is -2.29. The third-order valence-corrected chi connectivity index (χ3v) is 6.48. The first-order valence-corrected chi connectivity index (χ1v) is 9.86. The van der Waals surface area contributed by atoms with Crippen LogP contribution in [0.3, 0.4) is 0 Å². The minimum absolute atomic E-state index is 0.0190. The summed E-state index contributed by atoms with van der Waals surface area (Å²) >= 11 is 0. The van der Waals surface area contributed by atoms with Crippen LogP contribution in [-0.2, 0) is 22.9 Å². The van der Waals surface area contributed by atoms with E-state index in [1.807, 2.05) is 20.8 Å². The summed E-state index contributed by atoms with van der Waals surface area (Å²) in [4.78, 5) is 23.1. The number of aliphatic carboxylic acids is 1. The van der Waals surface area contributed by atoms with Crippen molar-refractivity contribution < 1.29 is 28.0 Å². The molecule has 0 aromatic carbocycles. The molecule has 22 heavy (non-hydrogen) atoms. The van der Waals surface area contributed by atoms with Crippen molar-refractivity contribution in [2.24, 2.45) is 5.92 Å². The first kappa shape index (κ1) is 19.1. The summed E-state index contributed by atoms with van der Waals surface area (Å²) < 4.78 is 17.1. The summed E-state index contributed by atoms with van der Waals surface area (Å²) in [5, 5.41) is 11.9. The third-order valence-electron chi connectivity index (χ3n) is 3.39. The van der Waals surface area contributed by atoms with Crippen LogP contribution < -0.4 is 5.32 Å². The lowest BCUT2D eigenvalue weighted by molar-refractivity contribution is -0.142. The Morgan fingerprint density at radius 2 is 1.64 bits per heavy atom. The molecule has 0 heterocycles. The zero-order valence-electron chi connectivity index (χ0n) is 13.6. The molecule has 0 aromatic heterocycles. The van der Waals surface area contributed by atoms with Crippen LogP contribution in [0.15, 0.2) is 0 Å². The molecule has 0 aromatic rings. The zero-order chi connectivity index (χ0) is 16.6. The van der Waals surface area contributed by atoms with E-state index in [0.29, 0.717) is 25.9 Å². The lowest BCUT2D eigenvalue weighted by Crippen LogP contribution is -2.49. The average Bonchev–Trinajstić information content (AvgIpc) is 3.28. The van der Waals surface area contributed by atoms with Gasteiger partial charge in [-0.3, -0.25) is 4.79 Å². The summed E-state index contributed by atoms with van der Waals surface area (Å²) in [5.74, 6) is -1.24. The second-order valence-corrected chi connectivity index (χ2v) is 7.93. The first-order valence-electron chi connectivity index (χ1n) is 7.93. The second-order valence-electron chi connectivity index (χ2n) is 5.19. The molecule has 0 aliphatic heterocycles. The van der Waals surface area contributed by atoms with Crippen LogP contribution in [0.4, 0.5) is 0 Å². The van der Waals surface area contributed by atoms with Crippen molar-refractivity contribution in [1.29, 1.82) is 0 Å². The Hall–Kier alpha value is -0.963. The van der Waals surface area contributed by atoms with Gasteiger partial charge in [-0.25, -0.2) is 4.79 Å². The van der Waals surface area contributed by atoms with Crippen LogP contribution in [0.2, 0.25) is 6.04 Å². The van der Waals surface area contributed by atoms with E-state index in [0.717, 1.165) is 12.8 Å². The quantitative estimate of drug-likeness (QED) is 0.524. The van der Waals surface area contributed by atoms with Gasteiger partial charge >= 0.3 is 14.8 Å². The van der Waals surface area contributed by atoms with E-state index in [9.17, 15) is 14.7 Å². The van der Waals surface area contributed by atoms with Crippen molar-refractivity contribution in [2.75, 3.05) is 19.8 Å². The molecule has 1 rings (SSSR count). The Bertz CT molecular complexity index is 357. The van der Waals surface area contributed by atoms with E-state index < -0.39 is 20.8 Å². The summed E-state index contributed by atoms with van der Waals surface area (Å²) in [6, 6.07) is -0.564. The fourth-order valence-electron chi connectivity index (χ4n) is 2.21. The molecule has 8 heteroatoms. The lowest BCUT2D eigenvalue weighted by atomic mass is 10.2. The van der Waals surface area contributed by atoms with Crippen molar-refractivity contribution in [3.05, 3.63) is 0 Å². The number of nitrogens with one attached hydrogen (secondary N) is 1. The van der Waals surface area contributed by atoms with Gasteiger partial charge in [0.05, 0.1) is 0 Å². The maximum absolute atomic E-state index is 11.8. The molecule has 0 bridgehead atoms. The molecule has 128 valence electrons. The molecule has 1 saturated carbocycles. The predicted octanol–water partition coefficient (Wildman–Crippen LogP) is 1.40. The first-order chi connectivity index (χ1) is 10.5. The average molecular weight is 333 g/mol. The van der Waals surface area contributed by atoms with Gasteiger partial charge in [0, 0.05) is 31.8 Å². The maximum atomic E-state index is 11.8. The second kappa shape index (κ2) is 9.24. The van der Waals surface area contributed by atoms with Crippen LogP contribution in [0, 0.1) is 5.92 Å². The molecule has 0 radical (unpaired) electrons. The topological polar surface area (TPSA) is 94.1 Å². The molecule has 2 N–H and O–H groups in total. The van der Waals surface area contributed by atoms with Crippen molar-refractivity contribution in [2.45, 2.75) is 52.1 Å². The minimum atomic E-state index is -2.88. The predicted molar refractivity (Wildman–Crippen MR) is 82.3 cm³/mol. The highest BCUT2D eigenvalue weighted by molar-refractivity contribution is 6.60. The van der Waals surface area contributed by atoms with Gasteiger partial charge in [-0.15, -0.1) is 0 Å². The van der Waals surface area contributed by atoms with Gasteiger partial charge in [-0.1, -0.05) is 0 Å². The Labute approximate surface area is 132 Å². The summed E-state index contributed by atoms with van der Waals surface area (Å²) in [7, 11) is -2.88. The van der Waals surface area contributed by atoms with Gasteiger partial charge in [0.25, 0.3) is 0 Å². The molecule has 1 aliphatic carbocycles. The van der Waals surface area contributed by atoms with E-state index in [1.165, 1.54) is 0 Å². The molecule has 1 amide bonds. The monoisotopic (exact) mass is 333 g/mol. The van der Waals surface area contributed by atoms with Gasteiger partial charge in [0.2, 0.25) is 5.91 Å². The highest BCUT2D eigenvalue weighted by Crippen LogP contribution is 2.29. The fourth-order valence-corrected chi connectivity index (χ4v) is 4.86. The van der Waals surface area contributed by atoms with Gasteiger partial charge < -0.3 is 23.7 Å². The SMILES string of the molecule is CCO[Si](CCC(NC(=O)C1CC1)C(=O)O)(OCC)OCC. The van der Waals surface area contributed by atoms with Crippen LogP contribution >= 0.6 is 0 Å². The highest BCUT2D eigenvalue weighted by atomic mass is 28.4. The third kappa shape index (κ3) is 6.03. The zero-order valence-corrected chi connectivity index (χ0v) is 14.6. The molecule has 0 saturated heterocycles. The van der Waals surface area contributed by atoms with Crippen molar-refractivity contribution >= 4 is 20.7 Å². The number of carboxylic acid groups (broad SMARTS) is 1. The van der Waals surface area contributed by atoms with Gasteiger partial charge in [0.1, 0.15) is 6.04 Å². The molecule has 1 unspecified atom stereocenters. The van der Waals surface area contributed by atoms with Gasteiger partial charge in [0.15, 0.2) is 0 Å². The Morgan fingerprint density at radius 3 is 2.00 bits per heavy atom. The molecular weight excluding hydrogens is 306 g/mol. The molecule has 1 aliphatic rings. The summed E-state index contributed by atoms with van der Waals surface area (Å²) in [5.41, 5.74) is 0. The Kier molecular flexibility index (Phi) is 8.01. The molecule has 0 spiro atoms. The van der Waals surface area contributed by atoms with Gasteiger partial charge in [-0.2, -0.15) is 0 Å². The van der Waals surface area contributed by atoms with Crippen molar-refractivity contribution in [3.63, 3.8) is 0 Å². The van der Waals surface area contributed by atoms with E-state index in [2.05, 4.69) is 5.32 Å². The van der Waals surface area contributed by atoms with Crippen LogP contribution in [0.5, 0.6) is 0 Å². The van der Waals surface area contributed by atoms with E-state index in [-0.39, 0.29) is 18.2 Å². The van der Waals surface area contributed by atoms with Crippen LogP contribution in [0.1, 0.15) is 40.0 Å². The Morgan fingerprint density at radius 1 is 1.14 bits per heavy atom. The fraction of sp³-hybridized carbons (Fsp3) is 0.857. The molecule has 1 fully saturated rings. The van der Waals surface area contributed by atoms with Crippen LogP contribution in [0.25, 0.3) is 0 Å². The molecular formula is C14H27NO6Si. The van der Waals surface area contributed by atoms with Crippen molar-refractivity contribution in [1.82, 2.24) is 5.32 Å². The number of carboxylic acids is 1. The Balaban J connectivity index is 2.64. The van der Waals surface area contributed by atoms with Crippen LogP contribution in [-0.4, -0.2) is 51.6 Å².